The fraction of sp³-hybridized carbons (Fsp3) is 0.250. The highest BCUT2D eigenvalue weighted by molar-refractivity contribution is 9.10. The van der Waals surface area contributed by atoms with E-state index in [4.69, 9.17) is 10.8 Å². The van der Waals surface area contributed by atoms with Gasteiger partial charge >= 0.3 is 0 Å². The van der Waals surface area contributed by atoms with Crippen molar-refractivity contribution in [3.8, 4) is 5.75 Å². The average Bonchev–Trinajstić information content (AvgIpc) is 2.09. The van der Waals surface area contributed by atoms with E-state index in [0.717, 1.165) is 6.07 Å². The van der Waals surface area contributed by atoms with Gasteiger partial charge in [0, 0.05) is 4.47 Å². The van der Waals surface area contributed by atoms with Crippen LogP contribution in [-0.4, -0.2) is 11.7 Å². The van der Waals surface area contributed by atoms with Gasteiger partial charge in [-0.25, -0.2) is 0 Å². The van der Waals surface area contributed by atoms with Crippen LogP contribution in [0.3, 0.4) is 0 Å². The van der Waals surface area contributed by atoms with E-state index in [1.165, 1.54) is 12.1 Å². The van der Waals surface area contributed by atoms with Gasteiger partial charge in [-0.1, -0.05) is 15.9 Å². The third kappa shape index (κ3) is 2.16. The van der Waals surface area contributed by atoms with Gasteiger partial charge in [-0.2, -0.15) is 8.78 Å². The number of phenols is 1. The summed E-state index contributed by atoms with van der Waals surface area (Å²) in [5.41, 5.74) is 4.43. The molecule has 0 aromatic heterocycles. The molecule has 2 nitrogen and oxygen atoms in total. The van der Waals surface area contributed by atoms with Crippen LogP contribution >= 0.6 is 15.9 Å². The molecule has 0 saturated carbocycles. The summed E-state index contributed by atoms with van der Waals surface area (Å²) in [5.74, 6) is -3.63. The zero-order chi connectivity index (χ0) is 10.1. The number of alkyl halides is 2. The Morgan fingerprint density at radius 1 is 1.46 bits per heavy atom. The second kappa shape index (κ2) is 3.59. The molecule has 0 spiro atoms. The van der Waals surface area contributed by atoms with Gasteiger partial charge in [0.05, 0.1) is 12.1 Å². The van der Waals surface area contributed by atoms with Crippen LogP contribution in [0, 0.1) is 0 Å². The first-order valence-corrected chi connectivity index (χ1v) is 4.33. The lowest BCUT2D eigenvalue weighted by Crippen LogP contribution is -2.25. The van der Waals surface area contributed by atoms with Crippen LogP contribution in [0.1, 0.15) is 5.56 Å². The molecule has 1 aromatic rings. The average molecular weight is 252 g/mol. The fourth-order valence-electron chi connectivity index (χ4n) is 0.911. The van der Waals surface area contributed by atoms with Crippen molar-refractivity contribution in [1.82, 2.24) is 0 Å². The minimum absolute atomic E-state index is 0.446. The molecule has 72 valence electrons. The molecule has 0 aliphatic carbocycles. The Kier molecular flexibility index (Phi) is 2.87. The van der Waals surface area contributed by atoms with Crippen molar-refractivity contribution >= 4 is 15.9 Å². The molecule has 0 aliphatic rings. The summed E-state index contributed by atoms with van der Waals surface area (Å²) < 4.78 is 26.5. The minimum Gasteiger partial charge on any atom is -0.507 e. The normalized spacial score (nSPS) is 11.7. The minimum atomic E-state index is -3.19. The number of aromatic hydroxyl groups is 1. The molecule has 5 heteroatoms. The quantitative estimate of drug-likeness (QED) is 0.847. The molecule has 1 rings (SSSR count). The molecule has 0 radical (unpaired) electrons. The van der Waals surface area contributed by atoms with Gasteiger partial charge in [0.15, 0.2) is 0 Å². The van der Waals surface area contributed by atoms with Gasteiger partial charge in [0.25, 0.3) is 5.92 Å². The van der Waals surface area contributed by atoms with Crippen LogP contribution in [0.25, 0.3) is 0 Å². The topological polar surface area (TPSA) is 46.2 Å². The van der Waals surface area contributed by atoms with Crippen molar-refractivity contribution in [2.24, 2.45) is 5.73 Å². The molecule has 0 bridgehead atoms. The summed E-state index contributed by atoms with van der Waals surface area (Å²) in [7, 11) is 0. The zero-order valence-corrected chi connectivity index (χ0v) is 8.18. The van der Waals surface area contributed by atoms with E-state index in [1.54, 1.807) is 0 Å². The summed E-state index contributed by atoms with van der Waals surface area (Å²) in [6.45, 7) is -0.822. The summed E-state index contributed by atoms with van der Waals surface area (Å²) >= 11 is 3.03. The van der Waals surface area contributed by atoms with Crippen molar-refractivity contribution in [2.75, 3.05) is 6.54 Å². The molecule has 13 heavy (non-hydrogen) atoms. The van der Waals surface area contributed by atoms with Crippen LogP contribution in [-0.2, 0) is 5.92 Å². The Morgan fingerprint density at radius 2 is 2.08 bits per heavy atom. The highest BCUT2D eigenvalue weighted by Gasteiger charge is 2.32. The predicted molar refractivity (Wildman–Crippen MR) is 48.8 cm³/mol. The number of benzene rings is 1. The fourth-order valence-corrected chi connectivity index (χ4v) is 1.27. The molecule has 0 unspecified atom stereocenters. The van der Waals surface area contributed by atoms with E-state index in [1.807, 2.05) is 0 Å². The lowest BCUT2D eigenvalue weighted by atomic mass is 10.1. The molecular formula is C8H8BrF2NO. The molecular weight excluding hydrogens is 244 g/mol. The lowest BCUT2D eigenvalue weighted by molar-refractivity contribution is 0.00371. The first kappa shape index (κ1) is 10.4. The molecule has 0 saturated heterocycles. The maximum Gasteiger partial charge on any atom is 0.288 e. The molecule has 0 amide bonds. The van der Waals surface area contributed by atoms with Crippen molar-refractivity contribution < 1.29 is 13.9 Å². The van der Waals surface area contributed by atoms with Crippen molar-refractivity contribution in [3.63, 3.8) is 0 Å². The summed E-state index contributed by atoms with van der Waals surface area (Å²) in [6, 6.07) is 3.83. The first-order chi connectivity index (χ1) is 5.97. The third-order valence-corrected chi connectivity index (χ3v) is 2.10. The van der Waals surface area contributed by atoms with Crippen LogP contribution in [0.5, 0.6) is 5.75 Å². The molecule has 1 aromatic carbocycles. The summed E-state index contributed by atoms with van der Waals surface area (Å²) in [4.78, 5) is 0. The van der Waals surface area contributed by atoms with Gasteiger partial charge < -0.3 is 10.8 Å². The summed E-state index contributed by atoms with van der Waals surface area (Å²) in [6.07, 6.45) is 0. The second-order valence-corrected chi connectivity index (χ2v) is 3.49. The smallest absolute Gasteiger partial charge is 0.288 e. The highest BCUT2D eigenvalue weighted by atomic mass is 79.9. The number of phenolic OH excluding ortho intramolecular Hbond substituents is 1. The standard InChI is InChI=1S/C8H8BrF2NO/c9-5-1-2-7(13)6(3-5)8(10,11)4-12/h1-3,13H,4,12H2. The lowest BCUT2D eigenvalue weighted by Gasteiger charge is -2.15. The second-order valence-electron chi connectivity index (χ2n) is 2.57. The monoisotopic (exact) mass is 251 g/mol. The number of halogens is 3. The Balaban J connectivity index is 3.20. The van der Waals surface area contributed by atoms with Crippen LogP contribution in [0.2, 0.25) is 0 Å². The Hall–Kier alpha value is -0.680. The van der Waals surface area contributed by atoms with Crippen molar-refractivity contribution in [3.05, 3.63) is 28.2 Å². The maximum absolute atomic E-state index is 13.0. The first-order valence-electron chi connectivity index (χ1n) is 3.54. The van der Waals surface area contributed by atoms with E-state index in [9.17, 15) is 8.78 Å². The third-order valence-electron chi connectivity index (χ3n) is 1.61. The van der Waals surface area contributed by atoms with E-state index in [2.05, 4.69) is 15.9 Å². The van der Waals surface area contributed by atoms with Crippen LogP contribution < -0.4 is 5.73 Å². The maximum atomic E-state index is 13.0. The van der Waals surface area contributed by atoms with Gasteiger partial charge in [0.2, 0.25) is 0 Å². The Bertz CT molecular complexity index is 317. The van der Waals surface area contributed by atoms with E-state index < -0.39 is 23.8 Å². The van der Waals surface area contributed by atoms with Crippen molar-refractivity contribution in [2.45, 2.75) is 5.92 Å². The number of rotatable bonds is 2. The van der Waals surface area contributed by atoms with E-state index in [0.29, 0.717) is 4.47 Å². The largest absolute Gasteiger partial charge is 0.507 e. The van der Waals surface area contributed by atoms with E-state index >= 15 is 0 Å². The SMILES string of the molecule is NCC(F)(F)c1cc(Br)ccc1O. The van der Waals surface area contributed by atoms with Crippen LogP contribution in [0.4, 0.5) is 8.78 Å². The Morgan fingerprint density at radius 3 is 2.62 bits per heavy atom. The molecule has 0 heterocycles. The van der Waals surface area contributed by atoms with Gasteiger partial charge in [-0.05, 0) is 18.2 Å². The molecule has 0 atom stereocenters. The number of hydrogen-bond donors (Lipinski definition) is 2. The predicted octanol–water partition coefficient (Wildman–Crippen LogP) is 2.21. The van der Waals surface area contributed by atoms with Gasteiger partial charge in [-0.15, -0.1) is 0 Å². The summed E-state index contributed by atoms with van der Waals surface area (Å²) in [5, 5.41) is 9.15. The number of hydrogen-bond acceptors (Lipinski definition) is 2. The molecule has 0 aliphatic heterocycles. The van der Waals surface area contributed by atoms with E-state index in [-0.39, 0.29) is 0 Å². The molecule has 3 N–H and O–H groups in total. The highest BCUT2D eigenvalue weighted by Crippen LogP contribution is 2.35. The Labute approximate surface area is 82.5 Å². The molecule has 0 fully saturated rings. The zero-order valence-electron chi connectivity index (χ0n) is 6.60. The van der Waals surface area contributed by atoms with Crippen molar-refractivity contribution in [1.29, 1.82) is 0 Å². The van der Waals surface area contributed by atoms with Crippen LogP contribution in [0.15, 0.2) is 22.7 Å². The van der Waals surface area contributed by atoms with Gasteiger partial charge in [-0.3, -0.25) is 0 Å². The van der Waals surface area contributed by atoms with Gasteiger partial charge in [0.1, 0.15) is 5.75 Å². The number of nitrogens with two attached hydrogens (primary N) is 1.